The maximum atomic E-state index is 10.9. The average molecular weight is 287 g/mol. The van der Waals surface area contributed by atoms with Crippen LogP contribution in [0.15, 0.2) is 54.3 Å². The highest BCUT2D eigenvalue weighted by Crippen LogP contribution is 2.53. The molecule has 2 unspecified atom stereocenters. The smallest absolute Gasteiger partial charge is 0.265 e. The Morgan fingerprint density at radius 2 is 1.90 bits per heavy atom. The molecule has 21 heavy (non-hydrogen) atoms. The van der Waals surface area contributed by atoms with Crippen LogP contribution in [0.5, 0.6) is 0 Å². The third-order valence-corrected chi connectivity index (χ3v) is 4.41. The number of rotatable bonds is 3. The quantitative estimate of drug-likeness (QED) is 0.678. The van der Waals surface area contributed by atoms with E-state index in [1.54, 1.807) is 6.08 Å². The molecule has 0 saturated carbocycles. The number of aliphatic hydroxyl groups excluding tert-OH is 1. The standard InChI is InChI=1S/C17H21NO3/c1-16(2,3)17(11-9-14(10-12-17)18(20)21)15(19)13-7-5-4-6-8-13/h4-11,15,19H,12H2,1-3H3. The Bertz CT molecular complexity index is 584. The molecule has 1 aromatic rings. The largest absolute Gasteiger partial charge is 0.387 e. The molecule has 0 heterocycles. The van der Waals surface area contributed by atoms with Gasteiger partial charge >= 0.3 is 0 Å². The summed E-state index contributed by atoms with van der Waals surface area (Å²) in [7, 11) is 0. The van der Waals surface area contributed by atoms with Gasteiger partial charge in [0.15, 0.2) is 0 Å². The molecule has 0 amide bonds. The predicted octanol–water partition coefficient (Wildman–Crippen LogP) is 3.87. The van der Waals surface area contributed by atoms with Crippen molar-refractivity contribution in [2.45, 2.75) is 33.3 Å². The van der Waals surface area contributed by atoms with Gasteiger partial charge in [0, 0.05) is 11.5 Å². The average Bonchev–Trinajstić information content (AvgIpc) is 2.46. The monoisotopic (exact) mass is 287 g/mol. The number of hydrogen-bond donors (Lipinski definition) is 1. The molecule has 0 radical (unpaired) electrons. The number of aliphatic hydroxyl groups is 1. The molecule has 4 heteroatoms. The van der Waals surface area contributed by atoms with Crippen LogP contribution in [0.1, 0.15) is 38.9 Å². The van der Waals surface area contributed by atoms with Crippen LogP contribution in [0.3, 0.4) is 0 Å². The summed E-state index contributed by atoms with van der Waals surface area (Å²) in [6, 6.07) is 9.46. The summed E-state index contributed by atoms with van der Waals surface area (Å²) in [5, 5.41) is 21.8. The SMILES string of the molecule is CC(C)(C)C1(C(O)c2ccccc2)C=CC([N+](=O)[O-])=CC1. The van der Waals surface area contributed by atoms with Gasteiger partial charge in [-0.05, 0) is 23.5 Å². The first-order valence-electron chi connectivity index (χ1n) is 7.05. The van der Waals surface area contributed by atoms with E-state index in [1.807, 2.05) is 36.4 Å². The van der Waals surface area contributed by atoms with Crippen molar-refractivity contribution in [2.75, 3.05) is 0 Å². The van der Waals surface area contributed by atoms with Gasteiger partial charge in [0.2, 0.25) is 0 Å². The van der Waals surface area contributed by atoms with Crippen molar-refractivity contribution in [1.82, 2.24) is 0 Å². The highest BCUT2D eigenvalue weighted by atomic mass is 16.6. The molecule has 1 aromatic carbocycles. The Morgan fingerprint density at radius 3 is 2.33 bits per heavy atom. The normalized spacial score (nSPS) is 23.5. The van der Waals surface area contributed by atoms with Crippen molar-refractivity contribution < 1.29 is 10.0 Å². The first kappa shape index (κ1) is 15.4. The molecule has 1 aliphatic rings. The molecule has 0 saturated heterocycles. The highest BCUT2D eigenvalue weighted by molar-refractivity contribution is 5.30. The molecule has 0 bridgehead atoms. The van der Waals surface area contributed by atoms with E-state index < -0.39 is 16.4 Å². The van der Waals surface area contributed by atoms with Gasteiger partial charge in [-0.3, -0.25) is 10.1 Å². The fourth-order valence-corrected chi connectivity index (χ4v) is 2.88. The second kappa shape index (κ2) is 5.45. The highest BCUT2D eigenvalue weighted by Gasteiger charge is 2.47. The Kier molecular flexibility index (Phi) is 4.01. The minimum absolute atomic E-state index is 0.0927. The third-order valence-electron chi connectivity index (χ3n) is 4.41. The van der Waals surface area contributed by atoms with Crippen molar-refractivity contribution in [1.29, 1.82) is 0 Å². The van der Waals surface area contributed by atoms with Crippen LogP contribution >= 0.6 is 0 Å². The Balaban J connectivity index is 2.43. The molecule has 1 N–H and O–H groups in total. The Hall–Kier alpha value is -1.94. The summed E-state index contributed by atoms with van der Waals surface area (Å²) in [6.45, 7) is 6.15. The van der Waals surface area contributed by atoms with Crippen molar-refractivity contribution in [3.63, 3.8) is 0 Å². The summed E-state index contributed by atoms with van der Waals surface area (Å²) < 4.78 is 0. The summed E-state index contributed by atoms with van der Waals surface area (Å²) in [5.41, 5.74) is 0.121. The van der Waals surface area contributed by atoms with E-state index in [2.05, 4.69) is 20.8 Å². The molecule has 2 atom stereocenters. The minimum Gasteiger partial charge on any atom is -0.387 e. The van der Waals surface area contributed by atoms with Crippen LogP contribution in [0.25, 0.3) is 0 Å². The molecular formula is C17H21NO3. The summed E-state index contributed by atoms with van der Waals surface area (Å²) >= 11 is 0. The summed E-state index contributed by atoms with van der Waals surface area (Å²) in [4.78, 5) is 10.5. The topological polar surface area (TPSA) is 63.4 Å². The van der Waals surface area contributed by atoms with Crippen molar-refractivity contribution in [3.8, 4) is 0 Å². The maximum absolute atomic E-state index is 10.9. The second-order valence-electron chi connectivity index (χ2n) is 6.53. The van der Waals surface area contributed by atoms with Crippen molar-refractivity contribution in [2.24, 2.45) is 10.8 Å². The molecular weight excluding hydrogens is 266 g/mol. The van der Waals surface area contributed by atoms with E-state index in [9.17, 15) is 15.2 Å². The lowest BCUT2D eigenvalue weighted by molar-refractivity contribution is -0.419. The molecule has 0 fully saturated rings. The van der Waals surface area contributed by atoms with Gasteiger partial charge in [-0.15, -0.1) is 0 Å². The van der Waals surface area contributed by atoms with Gasteiger partial charge in [0.05, 0.1) is 11.0 Å². The van der Waals surface area contributed by atoms with Crippen LogP contribution in [-0.2, 0) is 0 Å². The zero-order chi connectivity index (χ0) is 15.7. The first-order valence-corrected chi connectivity index (χ1v) is 7.05. The molecule has 0 spiro atoms. The van der Waals surface area contributed by atoms with E-state index >= 15 is 0 Å². The van der Waals surface area contributed by atoms with Crippen LogP contribution in [0, 0.1) is 20.9 Å². The van der Waals surface area contributed by atoms with Gasteiger partial charge in [0.1, 0.15) is 0 Å². The lowest BCUT2D eigenvalue weighted by atomic mass is 9.59. The number of nitrogens with zero attached hydrogens (tertiary/aromatic N) is 1. The number of benzene rings is 1. The van der Waals surface area contributed by atoms with Gasteiger partial charge in [0.25, 0.3) is 5.70 Å². The molecule has 0 aromatic heterocycles. The van der Waals surface area contributed by atoms with E-state index in [0.29, 0.717) is 6.42 Å². The summed E-state index contributed by atoms with van der Waals surface area (Å²) in [5.74, 6) is 0. The van der Waals surface area contributed by atoms with Gasteiger partial charge in [-0.25, -0.2) is 0 Å². The number of allylic oxidation sites excluding steroid dienone is 2. The third kappa shape index (κ3) is 2.76. The molecule has 112 valence electrons. The lowest BCUT2D eigenvalue weighted by Gasteiger charge is -2.46. The molecule has 4 nitrogen and oxygen atoms in total. The molecule has 1 aliphatic carbocycles. The van der Waals surface area contributed by atoms with Crippen LogP contribution < -0.4 is 0 Å². The molecule has 2 rings (SSSR count). The fraction of sp³-hybridized carbons (Fsp3) is 0.412. The number of nitro groups is 1. The van der Waals surface area contributed by atoms with Crippen LogP contribution in [0.2, 0.25) is 0 Å². The fourth-order valence-electron chi connectivity index (χ4n) is 2.88. The minimum atomic E-state index is -0.709. The van der Waals surface area contributed by atoms with E-state index in [0.717, 1.165) is 5.56 Å². The zero-order valence-electron chi connectivity index (χ0n) is 12.6. The van der Waals surface area contributed by atoms with Crippen molar-refractivity contribution >= 4 is 0 Å². The maximum Gasteiger partial charge on any atom is 0.265 e. The Morgan fingerprint density at radius 1 is 1.29 bits per heavy atom. The van der Waals surface area contributed by atoms with Gasteiger partial charge in [-0.2, -0.15) is 0 Å². The van der Waals surface area contributed by atoms with E-state index in [4.69, 9.17) is 0 Å². The second-order valence-corrected chi connectivity index (χ2v) is 6.53. The van der Waals surface area contributed by atoms with Gasteiger partial charge in [-0.1, -0.05) is 57.2 Å². The Labute approximate surface area is 125 Å². The number of hydrogen-bond acceptors (Lipinski definition) is 3. The predicted molar refractivity (Wildman–Crippen MR) is 82.1 cm³/mol. The van der Waals surface area contributed by atoms with Gasteiger partial charge < -0.3 is 5.11 Å². The van der Waals surface area contributed by atoms with E-state index in [1.165, 1.54) is 6.08 Å². The molecule has 0 aliphatic heterocycles. The van der Waals surface area contributed by atoms with Crippen LogP contribution in [0.4, 0.5) is 0 Å². The first-order chi connectivity index (χ1) is 9.78. The summed E-state index contributed by atoms with van der Waals surface area (Å²) in [6.07, 6.45) is 4.67. The lowest BCUT2D eigenvalue weighted by Crippen LogP contribution is -2.40. The van der Waals surface area contributed by atoms with Crippen molar-refractivity contribution in [3.05, 3.63) is 69.9 Å². The van der Waals surface area contributed by atoms with Crippen LogP contribution in [-0.4, -0.2) is 10.0 Å². The van der Waals surface area contributed by atoms with E-state index in [-0.39, 0.29) is 11.1 Å². The zero-order valence-corrected chi connectivity index (χ0v) is 12.6.